The molecule has 5 atom stereocenters. The third-order valence-corrected chi connectivity index (χ3v) is 5.61. The summed E-state index contributed by atoms with van der Waals surface area (Å²) >= 11 is 2.22. The van der Waals surface area contributed by atoms with E-state index >= 15 is 0 Å². The van der Waals surface area contributed by atoms with Crippen LogP contribution in [0.15, 0.2) is 30.3 Å². The Bertz CT molecular complexity index is 896. The van der Waals surface area contributed by atoms with E-state index < -0.39 is 54.4 Å². The summed E-state index contributed by atoms with van der Waals surface area (Å²) in [4.78, 5) is 46.8. The zero-order chi connectivity index (χ0) is 25.3. The van der Waals surface area contributed by atoms with Gasteiger partial charge in [0.2, 0.25) is 0 Å². The fourth-order valence-electron chi connectivity index (χ4n) is 3.64. The number of carbonyl (C=O) groups excluding carboxylic acids is 4. The molecule has 0 N–H and O–H groups in total. The fraction of sp³-hybridized carbons (Fsp3) is 0.500. The lowest BCUT2D eigenvalue weighted by molar-refractivity contribution is -0.248. The van der Waals surface area contributed by atoms with E-state index in [4.69, 9.17) is 23.7 Å². The summed E-state index contributed by atoms with van der Waals surface area (Å²) in [6, 6.07) is 7.88. The lowest BCUT2D eigenvalue weighted by Crippen LogP contribution is -2.61. The molecule has 0 aromatic heterocycles. The van der Waals surface area contributed by atoms with Gasteiger partial charge in [-0.2, -0.15) is 0 Å². The SMILES string of the molecule is CC(=O)OCC[C@H]1O[C@H](C/C=C/c2ccc(I)cc2)[C@@H](OC(C)=O)[C@@H](OC(C)=O)[C@@H]1OC(C)=O. The summed E-state index contributed by atoms with van der Waals surface area (Å²) in [5.41, 5.74) is 0.973. The molecule has 1 saturated heterocycles. The Balaban J connectivity index is 2.33. The van der Waals surface area contributed by atoms with E-state index in [2.05, 4.69) is 22.6 Å². The number of rotatable bonds is 9. The van der Waals surface area contributed by atoms with Crippen molar-refractivity contribution in [1.29, 1.82) is 0 Å². The van der Waals surface area contributed by atoms with Gasteiger partial charge in [0.1, 0.15) is 12.2 Å². The molecule has 1 heterocycles. The highest BCUT2D eigenvalue weighted by Crippen LogP contribution is 2.32. The predicted octanol–water partition coefficient (Wildman–Crippen LogP) is 3.21. The molecule has 10 heteroatoms. The van der Waals surface area contributed by atoms with Gasteiger partial charge in [0.15, 0.2) is 18.3 Å². The molecular weight excluding hydrogens is 559 g/mol. The van der Waals surface area contributed by atoms with Crippen molar-refractivity contribution in [2.24, 2.45) is 0 Å². The van der Waals surface area contributed by atoms with Crippen LogP contribution in [0, 0.1) is 3.57 Å². The minimum atomic E-state index is -1.10. The van der Waals surface area contributed by atoms with Gasteiger partial charge in [-0.15, -0.1) is 0 Å². The Morgan fingerprint density at radius 3 is 1.88 bits per heavy atom. The molecule has 0 radical (unpaired) electrons. The number of carbonyl (C=O) groups is 4. The first-order valence-electron chi connectivity index (χ1n) is 10.8. The van der Waals surface area contributed by atoms with Crippen LogP contribution in [0.1, 0.15) is 46.1 Å². The van der Waals surface area contributed by atoms with Crippen LogP contribution in [0.4, 0.5) is 0 Å². The Kier molecular flexibility index (Phi) is 11.0. The second-order valence-corrected chi connectivity index (χ2v) is 9.00. The van der Waals surface area contributed by atoms with Gasteiger partial charge in [-0.25, -0.2) is 0 Å². The maximum atomic E-state index is 11.9. The maximum absolute atomic E-state index is 11.9. The molecule has 1 aliphatic rings. The second kappa shape index (κ2) is 13.4. The summed E-state index contributed by atoms with van der Waals surface area (Å²) in [5, 5.41) is 0. The van der Waals surface area contributed by atoms with E-state index in [0.717, 1.165) is 9.13 Å². The highest BCUT2D eigenvalue weighted by atomic mass is 127. The van der Waals surface area contributed by atoms with Crippen LogP contribution < -0.4 is 0 Å². The molecule has 0 bridgehead atoms. The third kappa shape index (κ3) is 9.05. The zero-order valence-corrected chi connectivity index (χ0v) is 21.7. The van der Waals surface area contributed by atoms with Gasteiger partial charge in [0, 0.05) is 37.7 Å². The smallest absolute Gasteiger partial charge is 0.303 e. The van der Waals surface area contributed by atoms with Crippen LogP contribution in [0.25, 0.3) is 6.08 Å². The molecule has 0 amide bonds. The van der Waals surface area contributed by atoms with Crippen molar-refractivity contribution in [3.05, 3.63) is 39.5 Å². The van der Waals surface area contributed by atoms with Gasteiger partial charge in [-0.1, -0.05) is 24.3 Å². The number of ether oxygens (including phenoxy) is 5. The molecule has 186 valence electrons. The highest BCUT2D eigenvalue weighted by Gasteiger charge is 2.51. The molecule has 1 aromatic rings. The lowest BCUT2D eigenvalue weighted by Gasteiger charge is -2.44. The van der Waals surface area contributed by atoms with E-state index in [-0.39, 0.29) is 13.0 Å². The summed E-state index contributed by atoms with van der Waals surface area (Å²) in [5.74, 6) is -2.32. The Labute approximate surface area is 212 Å². The van der Waals surface area contributed by atoms with Crippen molar-refractivity contribution in [2.45, 2.75) is 71.1 Å². The molecule has 2 rings (SSSR count). The molecule has 0 saturated carbocycles. The van der Waals surface area contributed by atoms with E-state index in [0.29, 0.717) is 6.42 Å². The number of esters is 4. The van der Waals surface area contributed by atoms with Crippen LogP contribution in [-0.4, -0.2) is 61.0 Å². The summed E-state index contributed by atoms with van der Waals surface area (Å²) in [6.07, 6.45) is -0.384. The van der Waals surface area contributed by atoms with Gasteiger partial charge in [0.25, 0.3) is 0 Å². The van der Waals surface area contributed by atoms with Crippen LogP contribution in [-0.2, 0) is 42.9 Å². The second-order valence-electron chi connectivity index (χ2n) is 7.75. The van der Waals surface area contributed by atoms with Crippen molar-refractivity contribution in [2.75, 3.05) is 6.61 Å². The Hall–Kier alpha value is -2.47. The minimum Gasteiger partial charge on any atom is -0.466 e. The molecule has 34 heavy (non-hydrogen) atoms. The van der Waals surface area contributed by atoms with Gasteiger partial charge in [-0.05, 0) is 46.7 Å². The normalized spacial score (nSPS) is 24.3. The van der Waals surface area contributed by atoms with Gasteiger partial charge in [0.05, 0.1) is 6.61 Å². The van der Waals surface area contributed by atoms with E-state index in [1.807, 2.05) is 36.4 Å². The first-order valence-corrected chi connectivity index (χ1v) is 11.9. The Morgan fingerprint density at radius 1 is 0.824 bits per heavy atom. The molecule has 9 nitrogen and oxygen atoms in total. The van der Waals surface area contributed by atoms with Crippen LogP contribution >= 0.6 is 22.6 Å². The number of hydrogen-bond donors (Lipinski definition) is 0. The number of hydrogen-bond acceptors (Lipinski definition) is 9. The zero-order valence-electron chi connectivity index (χ0n) is 19.5. The van der Waals surface area contributed by atoms with Crippen molar-refractivity contribution >= 4 is 52.5 Å². The predicted molar refractivity (Wildman–Crippen MR) is 129 cm³/mol. The highest BCUT2D eigenvalue weighted by molar-refractivity contribution is 14.1. The largest absolute Gasteiger partial charge is 0.466 e. The minimum absolute atomic E-state index is 0.00793. The molecule has 1 aromatic carbocycles. The van der Waals surface area contributed by atoms with Gasteiger partial charge < -0.3 is 23.7 Å². The maximum Gasteiger partial charge on any atom is 0.303 e. The fourth-order valence-corrected chi connectivity index (χ4v) is 4.00. The quantitative estimate of drug-likeness (QED) is 0.244. The average molecular weight is 588 g/mol. The van der Waals surface area contributed by atoms with E-state index in [1.165, 1.54) is 27.7 Å². The van der Waals surface area contributed by atoms with Gasteiger partial charge >= 0.3 is 23.9 Å². The van der Waals surface area contributed by atoms with Crippen LogP contribution in [0.3, 0.4) is 0 Å². The molecule has 0 aliphatic carbocycles. The summed E-state index contributed by atoms with van der Waals surface area (Å²) < 4.78 is 28.7. The standard InChI is InChI=1S/C24H29IO9/c1-14(26)30-13-12-21-23(32-16(3)28)24(33-17(4)29)22(31-15(2)27)20(34-21)7-5-6-18-8-10-19(25)11-9-18/h5-6,8-11,20-24H,7,12-13H2,1-4H3/b6-5+/t20-,21-,22-,23-,24-/m1/s1. The summed E-state index contributed by atoms with van der Waals surface area (Å²) in [6.45, 7) is 4.95. The summed E-state index contributed by atoms with van der Waals surface area (Å²) in [7, 11) is 0. The first kappa shape index (κ1) is 27.8. The molecule has 0 unspecified atom stereocenters. The van der Waals surface area contributed by atoms with E-state index in [9.17, 15) is 19.2 Å². The third-order valence-electron chi connectivity index (χ3n) is 4.89. The topological polar surface area (TPSA) is 114 Å². The van der Waals surface area contributed by atoms with Crippen molar-refractivity contribution < 1.29 is 42.9 Å². The average Bonchev–Trinajstić information content (AvgIpc) is 2.73. The van der Waals surface area contributed by atoms with Crippen LogP contribution in [0.2, 0.25) is 0 Å². The monoisotopic (exact) mass is 588 g/mol. The Morgan fingerprint density at radius 2 is 1.35 bits per heavy atom. The lowest BCUT2D eigenvalue weighted by atomic mass is 9.91. The first-order chi connectivity index (χ1) is 16.1. The van der Waals surface area contributed by atoms with Crippen LogP contribution in [0.5, 0.6) is 0 Å². The van der Waals surface area contributed by atoms with Crippen molar-refractivity contribution in [3.63, 3.8) is 0 Å². The molecular formula is C24H29IO9. The van der Waals surface area contributed by atoms with E-state index in [1.54, 1.807) is 0 Å². The number of benzene rings is 1. The molecule has 1 fully saturated rings. The van der Waals surface area contributed by atoms with Crippen molar-refractivity contribution in [3.8, 4) is 0 Å². The number of halogens is 1. The van der Waals surface area contributed by atoms with Gasteiger partial charge in [-0.3, -0.25) is 19.2 Å². The molecule has 0 spiro atoms. The van der Waals surface area contributed by atoms with Crippen molar-refractivity contribution in [1.82, 2.24) is 0 Å². The molecule has 1 aliphatic heterocycles.